The number of carbonyl (C=O) groups excluding carboxylic acids is 1. The molecule has 0 aliphatic carbocycles. The first-order chi connectivity index (χ1) is 13.8. The van der Waals surface area contributed by atoms with Gasteiger partial charge in [0.15, 0.2) is 17.3 Å². The van der Waals surface area contributed by atoms with E-state index in [9.17, 15) is 28.5 Å². The molecule has 0 aliphatic heterocycles. The number of allylic oxidation sites excluding steroid dienone is 1. The van der Waals surface area contributed by atoms with Crippen molar-refractivity contribution in [2.75, 3.05) is 4.72 Å². The largest absolute Gasteiger partial charge is 0.508 e. The van der Waals surface area contributed by atoms with Crippen LogP contribution in [0.5, 0.6) is 17.2 Å². The Labute approximate surface area is 167 Å². The molecule has 0 aromatic heterocycles. The van der Waals surface area contributed by atoms with E-state index in [1.165, 1.54) is 72.8 Å². The fourth-order valence-electron chi connectivity index (χ4n) is 2.49. The van der Waals surface area contributed by atoms with E-state index in [2.05, 4.69) is 4.72 Å². The Morgan fingerprint density at radius 2 is 1.52 bits per heavy atom. The van der Waals surface area contributed by atoms with Crippen molar-refractivity contribution in [1.29, 1.82) is 0 Å². The lowest BCUT2D eigenvalue weighted by molar-refractivity contribution is 0.104. The summed E-state index contributed by atoms with van der Waals surface area (Å²) in [5.41, 5.74) is 0.870. The number of hydrogen-bond acceptors (Lipinski definition) is 6. The molecule has 29 heavy (non-hydrogen) atoms. The first kappa shape index (κ1) is 20.0. The summed E-state index contributed by atoms with van der Waals surface area (Å²) in [6, 6.07) is 15.3. The topological polar surface area (TPSA) is 124 Å². The van der Waals surface area contributed by atoms with Crippen LogP contribution in [-0.2, 0) is 10.0 Å². The highest BCUT2D eigenvalue weighted by Crippen LogP contribution is 2.29. The fourth-order valence-corrected chi connectivity index (χ4v) is 3.55. The number of phenols is 3. The minimum absolute atomic E-state index is 0.00990. The Kier molecular flexibility index (Phi) is 5.56. The molecule has 0 spiro atoms. The van der Waals surface area contributed by atoms with Crippen molar-refractivity contribution in [3.8, 4) is 17.2 Å². The van der Waals surface area contributed by atoms with Crippen molar-refractivity contribution in [2.45, 2.75) is 4.90 Å². The average Bonchev–Trinajstić information content (AvgIpc) is 2.69. The summed E-state index contributed by atoms with van der Waals surface area (Å²) >= 11 is 0. The van der Waals surface area contributed by atoms with Gasteiger partial charge < -0.3 is 15.3 Å². The number of ketones is 1. The monoisotopic (exact) mass is 411 g/mol. The minimum Gasteiger partial charge on any atom is -0.508 e. The van der Waals surface area contributed by atoms with E-state index in [1.807, 2.05) is 0 Å². The Balaban J connectivity index is 1.72. The van der Waals surface area contributed by atoms with Crippen LogP contribution in [0.2, 0.25) is 0 Å². The van der Waals surface area contributed by atoms with Crippen molar-refractivity contribution < 1.29 is 28.5 Å². The maximum atomic E-state index is 12.3. The second kappa shape index (κ2) is 8.07. The van der Waals surface area contributed by atoms with Crippen LogP contribution in [0.3, 0.4) is 0 Å². The highest BCUT2D eigenvalue weighted by atomic mass is 32.2. The number of phenolic OH excluding ortho intramolecular Hbond substituents is 3. The van der Waals surface area contributed by atoms with Crippen LogP contribution in [0.15, 0.2) is 77.7 Å². The number of para-hydroxylation sites is 1. The highest BCUT2D eigenvalue weighted by molar-refractivity contribution is 7.92. The number of hydrogen-bond donors (Lipinski definition) is 4. The molecule has 148 valence electrons. The molecule has 0 heterocycles. The lowest BCUT2D eigenvalue weighted by Gasteiger charge is -2.08. The van der Waals surface area contributed by atoms with Gasteiger partial charge in [0.05, 0.1) is 4.90 Å². The normalized spacial score (nSPS) is 11.4. The predicted octanol–water partition coefficient (Wildman–Crippen LogP) is 3.50. The molecule has 0 saturated heterocycles. The third kappa shape index (κ3) is 4.74. The third-order valence-corrected chi connectivity index (χ3v) is 5.43. The molecule has 8 heteroatoms. The maximum absolute atomic E-state index is 12.3. The van der Waals surface area contributed by atoms with Gasteiger partial charge in [0.2, 0.25) is 0 Å². The number of sulfonamides is 1. The van der Waals surface area contributed by atoms with E-state index in [0.29, 0.717) is 5.56 Å². The summed E-state index contributed by atoms with van der Waals surface area (Å²) in [6.07, 6.45) is 2.61. The van der Waals surface area contributed by atoms with Gasteiger partial charge >= 0.3 is 0 Å². The lowest BCUT2D eigenvalue weighted by Crippen LogP contribution is -2.12. The molecule has 3 aromatic rings. The summed E-state index contributed by atoms with van der Waals surface area (Å²) in [5, 5.41) is 28.5. The molecule has 0 amide bonds. The first-order valence-corrected chi connectivity index (χ1v) is 9.90. The van der Waals surface area contributed by atoms with Crippen LogP contribution in [0.4, 0.5) is 5.69 Å². The predicted molar refractivity (Wildman–Crippen MR) is 108 cm³/mol. The van der Waals surface area contributed by atoms with Crippen molar-refractivity contribution in [3.05, 3.63) is 83.9 Å². The van der Waals surface area contributed by atoms with Gasteiger partial charge in [-0.2, -0.15) is 0 Å². The van der Waals surface area contributed by atoms with Crippen LogP contribution in [0.1, 0.15) is 15.9 Å². The smallest absolute Gasteiger partial charge is 0.261 e. The second-order valence-electron chi connectivity index (χ2n) is 6.09. The molecule has 0 aliphatic rings. The Morgan fingerprint density at radius 1 is 0.862 bits per heavy atom. The van der Waals surface area contributed by atoms with Gasteiger partial charge in [-0.25, -0.2) is 8.42 Å². The Morgan fingerprint density at radius 3 is 2.17 bits per heavy atom. The van der Waals surface area contributed by atoms with Gasteiger partial charge in [-0.05, 0) is 66.7 Å². The molecule has 3 aromatic carbocycles. The molecule has 0 fully saturated rings. The van der Waals surface area contributed by atoms with Gasteiger partial charge in [0, 0.05) is 16.8 Å². The van der Waals surface area contributed by atoms with Crippen molar-refractivity contribution >= 4 is 27.6 Å². The third-order valence-electron chi connectivity index (χ3n) is 4.03. The van der Waals surface area contributed by atoms with E-state index < -0.39 is 10.0 Å². The van der Waals surface area contributed by atoms with Crippen molar-refractivity contribution in [2.24, 2.45) is 0 Å². The quantitative estimate of drug-likeness (QED) is 0.280. The van der Waals surface area contributed by atoms with Crippen LogP contribution >= 0.6 is 0 Å². The van der Waals surface area contributed by atoms with E-state index >= 15 is 0 Å². The lowest BCUT2D eigenvalue weighted by atomic mass is 10.1. The van der Waals surface area contributed by atoms with Crippen molar-refractivity contribution in [1.82, 2.24) is 0 Å². The van der Waals surface area contributed by atoms with Crippen molar-refractivity contribution in [3.63, 3.8) is 0 Å². The summed E-state index contributed by atoms with van der Waals surface area (Å²) in [6.45, 7) is 0. The second-order valence-corrected chi connectivity index (χ2v) is 7.77. The van der Waals surface area contributed by atoms with E-state index in [-0.39, 0.29) is 39.2 Å². The molecule has 0 bridgehead atoms. The summed E-state index contributed by atoms with van der Waals surface area (Å²) in [5.74, 6) is -1.01. The van der Waals surface area contributed by atoms with E-state index in [4.69, 9.17) is 0 Å². The molecular weight excluding hydrogens is 394 g/mol. The zero-order chi connectivity index (χ0) is 21.0. The van der Waals surface area contributed by atoms with Gasteiger partial charge in [-0.15, -0.1) is 0 Å². The number of rotatable bonds is 6. The summed E-state index contributed by atoms with van der Waals surface area (Å²) in [4.78, 5) is 12.3. The molecular formula is C21H17NO6S. The van der Waals surface area contributed by atoms with Gasteiger partial charge in [0.1, 0.15) is 5.75 Å². The number of nitrogens with one attached hydrogen (secondary N) is 1. The highest BCUT2D eigenvalue weighted by Gasteiger charge is 2.14. The fraction of sp³-hybridized carbons (Fsp3) is 0. The number of carbonyl (C=O) groups is 1. The number of anilines is 1. The van der Waals surface area contributed by atoms with Crippen LogP contribution in [0.25, 0.3) is 6.08 Å². The first-order valence-electron chi connectivity index (χ1n) is 8.41. The zero-order valence-electron chi connectivity index (χ0n) is 15.0. The number of benzene rings is 3. The van der Waals surface area contributed by atoms with Gasteiger partial charge in [0.25, 0.3) is 10.0 Å². The summed E-state index contributed by atoms with van der Waals surface area (Å²) < 4.78 is 27.1. The van der Waals surface area contributed by atoms with Crippen LogP contribution in [-0.4, -0.2) is 29.5 Å². The molecule has 7 nitrogen and oxygen atoms in total. The standard InChI is InChI=1S/C21H17NO6S/c23-17-9-11-18(12-10-17)29(27,28)22-16-7-4-14(5-8-16)19(24)13-6-15-2-1-3-20(25)21(15)26/h1-13,22-23,25-26H/b13-6+. The zero-order valence-corrected chi connectivity index (χ0v) is 15.8. The molecule has 3 rings (SSSR count). The van der Waals surface area contributed by atoms with Crippen LogP contribution < -0.4 is 4.72 Å². The SMILES string of the molecule is O=C(/C=C/c1cccc(O)c1O)c1ccc(NS(=O)(=O)c2ccc(O)cc2)cc1. The van der Waals surface area contributed by atoms with Gasteiger partial charge in [-0.1, -0.05) is 12.1 Å². The molecule has 0 saturated carbocycles. The Bertz CT molecular complexity index is 1170. The molecule has 0 unspecified atom stereocenters. The Hall–Kier alpha value is -3.78. The average molecular weight is 411 g/mol. The van der Waals surface area contributed by atoms with E-state index in [0.717, 1.165) is 0 Å². The van der Waals surface area contributed by atoms with E-state index in [1.54, 1.807) is 6.07 Å². The molecule has 4 N–H and O–H groups in total. The van der Waals surface area contributed by atoms with Gasteiger partial charge in [-0.3, -0.25) is 9.52 Å². The molecule has 0 atom stereocenters. The summed E-state index contributed by atoms with van der Waals surface area (Å²) in [7, 11) is -3.83. The number of aromatic hydroxyl groups is 3. The minimum atomic E-state index is -3.83. The van der Waals surface area contributed by atoms with Crippen LogP contribution in [0, 0.1) is 0 Å². The molecule has 0 radical (unpaired) electrons. The maximum Gasteiger partial charge on any atom is 0.261 e.